The van der Waals surface area contributed by atoms with Gasteiger partial charge in [-0.15, -0.1) is 11.3 Å². The number of fused-ring (bicyclic) bond motifs is 1. The molecular formula is C28H33N5O6S3. The number of rotatable bonds is 13. The highest BCUT2D eigenvalue weighted by atomic mass is 32.2. The molecule has 2 atom stereocenters. The van der Waals surface area contributed by atoms with E-state index in [1.165, 1.54) is 46.0 Å². The molecule has 224 valence electrons. The third kappa shape index (κ3) is 8.55. The van der Waals surface area contributed by atoms with Crippen molar-refractivity contribution < 1.29 is 27.9 Å². The molecule has 4 aromatic rings. The van der Waals surface area contributed by atoms with Crippen molar-refractivity contribution in [3.63, 3.8) is 0 Å². The fourth-order valence-electron chi connectivity index (χ4n) is 4.23. The van der Waals surface area contributed by atoms with E-state index in [4.69, 9.17) is 4.74 Å². The Bertz CT molecular complexity index is 1590. The number of carbonyl (C=O) groups is 2. The standard InChI is InChI=1S/C28H33N5O6S3/c1-18(2)14-33(42(37,38)22-9-10-23-26(12-22)41-27(31-23)30-19(3)34)15-25(35)24(11-20-7-5-4-6-8-20)32-28(36)39-16-21-13-29-17-40-21/h4-10,12-13,17-18,24-25,35H,11,14-16H2,1-3H3,(H,32,36)(H,30,31,34)/t24-,25+/m0/s1. The molecule has 2 aromatic carbocycles. The highest BCUT2D eigenvalue weighted by molar-refractivity contribution is 7.89. The lowest BCUT2D eigenvalue weighted by Gasteiger charge is -2.30. The highest BCUT2D eigenvalue weighted by Gasteiger charge is 2.32. The number of anilines is 1. The average Bonchev–Trinajstić information content (AvgIpc) is 3.60. The second-order valence-electron chi connectivity index (χ2n) is 10.1. The summed E-state index contributed by atoms with van der Waals surface area (Å²) in [7, 11) is -4.06. The lowest BCUT2D eigenvalue weighted by Crippen LogP contribution is -2.51. The molecule has 0 aliphatic heterocycles. The Kier molecular flexibility index (Phi) is 10.6. The fourth-order valence-corrected chi connectivity index (χ4v) is 7.41. The summed E-state index contributed by atoms with van der Waals surface area (Å²) in [6, 6.07) is 13.0. The molecular weight excluding hydrogens is 599 g/mol. The van der Waals surface area contributed by atoms with Gasteiger partial charge in [-0.3, -0.25) is 9.78 Å². The number of ether oxygens (including phenoxy) is 1. The molecule has 14 heteroatoms. The van der Waals surface area contributed by atoms with Crippen LogP contribution in [0.2, 0.25) is 0 Å². The molecule has 0 radical (unpaired) electrons. The summed E-state index contributed by atoms with van der Waals surface area (Å²) in [5.41, 5.74) is 3.05. The Morgan fingerprint density at radius 2 is 1.88 bits per heavy atom. The number of hydrogen-bond donors (Lipinski definition) is 3. The molecule has 11 nitrogen and oxygen atoms in total. The number of alkyl carbamates (subject to hydrolysis) is 1. The average molecular weight is 632 g/mol. The Balaban J connectivity index is 1.56. The number of benzene rings is 2. The van der Waals surface area contributed by atoms with Gasteiger partial charge in [0, 0.05) is 26.2 Å². The van der Waals surface area contributed by atoms with Gasteiger partial charge >= 0.3 is 6.09 Å². The number of hydrogen-bond acceptors (Lipinski definition) is 10. The van der Waals surface area contributed by atoms with Gasteiger partial charge in [0.15, 0.2) is 5.13 Å². The van der Waals surface area contributed by atoms with E-state index in [9.17, 15) is 23.1 Å². The van der Waals surface area contributed by atoms with Crippen LogP contribution >= 0.6 is 22.7 Å². The Morgan fingerprint density at radius 3 is 2.55 bits per heavy atom. The number of sulfonamides is 1. The molecule has 4 rings (SSSR count). The predicted molar refractivity (Wildman–Crippen MR) is 163 cm³/mol. The molecule has 2 heterocycles. The van der Waals surface area contributed by atoms with Gasteiger partial charge in [0.1, 0.15) is 6.61 Å². The minimum atomic E-state index is -4.06. The number of nitrogens with zero attached hydrogens (tertiary/aromatic N) is 3. The Morgan fingerprint density at radius 1 is 1.12 bits per heavy atom. The van der Waals surface area contributed by atoms with Crippen LogP contribution in [0, 0.1) is 5.92 Å². The van der Waals surface area contributed by atoms with E-state index >= 15 is 0 Å². The van der Waals surface area contributed by atoms with Crippen LogP contribution in [-0.4, -0.2) is 65.0 Å². The summed E-state index contributed by atoms with van der Waals surface area (Å²) in [5.74, 6) is -0.319. The van der Waals surface area contributed by atoms with E-state index in [1.54, 1.807) is 17.8 Å². The number of aromatic nitrogens is 2. The Hall–Kier alpha value is -3.43. The first kappa shape index (κ1) is 31.5. The van der Waals surface area contributed by atoms with Crippen molar-refractivity contribution in [3.8, 4) is 0 Å². The smallest absolute Gasteiger partial charge is 0.407 e. The van der Waals surface area contributed by atoms with Crippen LogP contribution in [0.15, 0.2) is 65.1 Å². The molecule has 0 spiro atoms. The molecule has 2 amide bonds. The van der Waals surface area contributed by atoms with Crippen molar-refractivity contribution in [1.29, 1.82) is 0 Å². The first-order valence-corrected chi connectivity index (χ1v) is 16.4. The van der Waals surface area contributed by atoms with E-state index in [-0.39, 0.29) is 42.8 Å². The molecule has 2 aromatic heterocycles. The van der Waals surface area contributed by atoms with Crippen molar-refractivity contribution in [2.45, 2.75) is 50.8 Å². The second-order valence-corrected chi connectivity index (χ2v) is 14.0. The summed E-state index contributed by atoms with van der Waals surface area (Å²) in [6.45, 7) is 5.06. The number of aliphatic hydroxyl groups excluding tert-OH is 1. The predicted octanol–water partition coefficient (Wildman–Crippen LogP) is 4.26. The minimum Gasteiger partial charge on any atom is -0.444 e. The molecule has 0 aliphatic rings. The van der Waals surface area contributed by atoms with Gasteiger partial charge in [-0.25, -0.2) is 18.2 Å². The van der Waals surface area contributed by atoms with E-state index in [2.05, 4.69) is 20.6 Å². The van der Waals surface area contributed by atoms with Crippen molar-refractivity contribution in [3.05, 3.63) is 70.7 Å². The molecule has 0 saturated carbocycles. The third-order valence-corrected chi connectivity index (χ3v) is 9.65. The maximum Gasteiger partial charge on any atom is 0.407 e. The summed E-state index contributed by atoms with van der Waals surface area (Å²) in [5, 5.41) is 17.1. The van der Waals surface area contributed by atoms with Crippen LogP contribution in [0.4, 0.5) is 9.93 Å². The zero-order valence-electron chi connectivity index (χ0n) is 23.4. The maximum atomic E-state index is 13.9. The van der Waals surface area contributed by atoms with Gasteiger partial charge in [0.25, 0.3) is 0 Å². The fraction of sp³-hybridized carbons (Fsp3) is 0.357. The first-order chi connectivity index (χ1) is 20.0. The van der Waals surface area contributed by atoms with Crippen LogP contribution < -0.4 is 10.6 Å². The van der Waals surface area contributed by atoms with Gasteiger partial charge in [-0.2, -0.15) is 4.31 Å². The van der Waals surface area contributed by atoms with E-state index in [0.717, 1.165) is 10.4 Å². The van der Waals surface area contributed by atoms with Crippen LogP contribution in [0.1, 0.15) is 31.2 Å². The van der Waals surface area contributed by atoms with Crippen molar-refractivity contribution in [2.75, 3.05) is 18.4 Å². The number of carbonyl (C=O) groups excluding carboxylic acids is 2. The van der Waals surface area contributed by atoms with Gasteiger partial charge in [0.2, 0.25) is 15.9 Å². The molecule has 0 saturated heterocycles. The summed E-state index contributed by atoms with van der Waals surface area (Å²) in [6.07, 6.45) is -0.125. The topological polar surface area (TPSA) is 151 Å². The monoisotopic (exact) mass is 631 g/mol. The molecule has 0 bridgehead atoms. The van der Waals surface area contributed by atoms with Crippen LogP contribution in [0.5, 0.6) is 0 Å². The second kappa shape index (κ2) is 14.2. The molecule has 0 fully saturated rings. The molecule has 0 unspecified atom stereocenters. The first-order valence-electron chi connectivity index (χ1n) is 13.2. The highest BCUT2D eigenvalue weighted by Crippen LogP contribution is 2.29. The van der Waals surface area contributed by atoms with Gasteiger partial charge < -0.3 is 20.5 Å². The van der Waals surface area contributed by atoms with Gasteiger partial charge in [-0.05, 0) is 36.1 Å². The van der Waals surface area contributed by atoms with E-state index in [1.807, 2.05) is 44.2 Å². The van der Waals surface area contributed by atoms with Crippen molar-refractivity contribution in [2.24, 2.45) is 5.92 Å². The maximum absolute atomic E-state index is 13.9. The van der Waals surface area contributed by atoms with Crippen molar-refractivity contribution in [1.82, 2.24) is 19.6 Å². The lowest BCUT2D eigenvalue weighted by atomic mass is 10.0. The van der Waals surface area contributed by atoms with E-state index < -0.39 is 28.3 Å². The van der Waals surface area contributed by atoms with Gasteiger partial charge in [-0.1, -0.05) is 55.5 Å². The van der Waals surface area contributed by atoms with Crippen LogP contribution in [-0.2, 0) is 32.6 Å². The minimum absolute atomic E-state index is 0.0300. The zero-order valence-corrected chi connectivity index (χ0v) is 25.8. The zero-order chi connectivity index (χ0) is 30.3. The lowest BCUT2D eigenvalue weighted by molar-refractivity contribution is -0.114. The molecule has 0 aliphatic carbocycles. The van der Waals surface area contributed by atoms with Gasteiger partial charge in [0.05, 0.1) is 37.6 Å². The quantitative estimate of drug-likeness (QED) is 0.198. The van der Waals surface area contributed by atoms with Crippen LogP contribution in [0.3, 0.4) is 0 Å². The number of nitrogens with one attached hydrogen (secondary N) is 2. The largest absolute Gasteiger partial charge is 0.444 e. The number of thiazole rings is 2. The Labute approximate surface area is 252 Å². The third-order valence-electron chi connectivity index (χ3n) is 6.14. The number of aliphatic hydroxyl groups is 1. The molecule has 42 heavy (non-hydrogen) atoms. The van der Waals surface area contributed by atoms with Crippen LogP contribution in [0.25, 0.3) is 10.2 Å². The van der Waals surface area contributed by atoms with E-state index in [0.29, 0.717) is 15.3 Å². The summed E-state index contributed by atoms with van der Waals surface area (Å²) < 4.78 is 34.9. The van der Waals surface area contributed by atoms with Crippen molar-refractivity contribution >= 4 is 60.0 Å². The summed E-state index contributed by atoms with van der Waals surface area (Å²) in [4.78, 5) is 33.2. The number of amides is 2. The summed E-state index contributed by atoms with van der Waals surface area (Å²) >= 11 is 2.52. The molecule has 3 N–H and O–H groups in total. The SMILES string of the molecule is CC(=O)Nc1nc2ccc(S(=O)(=O)N(CC(C)C)C[C@@H](O)[C@H](Cc3ccccc3)NC(=O)OCc3cncs3)cc2s1. The normalized spacial score (nSPS) is 13.3.